The quantitative estimate of drug-likeness (QED) is 0.739. The van der Waals surface area contributed by atoms with Gasteiger partial charge in [0.15, 0.2) is 0 Å². The minimum atomic E-state index is -0.0412. The van der Waals surface area contributed by atoms with E-state index < -0.39 is 0 Å². The van der Waals surface area contributed by atoms with E-state index in [-0.39, 0.29) is 11.9 Å². The average molecular weight is 250 g/mol. The van der Waals surface area contributed by atoms with Crippen LogP contribution in [0.5, 0.6) is 0 Å². The average Bonchev–Trinajstić information content (AvgIpc) is 2.91. The third-order valence-electron chi connectivity index (χ3n) is 3.55. The van der Waals surface area contributed by atoms with Gasteiger partial charge in [-0.05, 0) is 45.2 Å². The van der Waals surface area contributed by atoms with Gasteiger partial charge < -0.3 is 15.6 Å². The number of hydrogen-bond donors (Lipinski definition) is 3. The van der Waals surface area contributed by atoms with Gasteiger partial charge in [0, 0.05) is 18.8 Å². The Morgan fingerprint density at radius 3 is 3.00 bits per heavy atom. The van der Waals surface area contributed by atoms with Crippen LogP contribution < -0.4 is 10.6 Å². The summed E-state index contributed by atoms with van der Waals surface area (Å²) in [6, 6.07) is -0.0412. The highest BCUT2D eigenvalue weighted by Crippen LogP contribution is 2.17. The normalized spacial score (nSPS) is 18.5. The third kappa shape index (κ3) is 3.84. The molecule has 0 radical (unpaired) electrons. The minimum Gasteiger partial charge on any atom is -0.347 e. The summed E-state index contributed by atoms with van der Waals surface area (Å²) in [5.41, 5.74) is 0. The molecule has 1 aromatic rings. The fraction of sp³-hybridized carbons (Fsp3) is 0.692. The number of amides is 1. The Balaban J connectivity index is 1.68. The number of rotatable bonds is 5. The van der Waals surface area contributed by atoms with Crippen molar-refractivity contribution in [3.8, 4) is 0 Å². The molecule has 1 saturated heterocycles. The van der Waals surface area contributed by atoms with Crippen molar-refractivity contribution in [3.63, 3.8) is 0 Å². The minimum absolute atomic E-state index is 0.0412. The summed E-state index contributed by atoms with van der Waals surface area (Å²) in [7, 11) is 0. The van der Waals surface area contributed by atoms with Crippen LogP contribution in [0.1, 0.15) is 44.5 Å². The van der Waals surface area contributed by atoms with Crippen molar-refractivity contribution in [1.82, 2.24) is 20.6 Å². The molecule has 0 saturated carbocycles. The molecule has 1 aromatic heterocycles. The number of hydrogen-bond acceptors (Lipinski definition) is 3. The standard InChI is InChI=1S/C13H22N4O/c1-10(13-15-8-9-16-13)17-12(18)3-2-11-4-6-14-7-5-11/h8-11,14H,2-7H2,1H3,(H,15,16)(H,17,18). The van der Waals surface area contributed by atoms with Gasteiger partial charge in [-0.3, -0.25) is 4.79 Å². The van der Waals surface area contributed by atoms with E-state index in [9.17, 15) is 4.79 Å². The zero-order valence-electron chi connectivity index (χ0n) is 10.9. The molecule has 1 atom stereocenters. The smallest absolute Gasteiger partial charge is 0.220 e. The number of nitrogens with one attached hydrogen (secondary N) is 3. The molecule has 1 fully saturated rings. The fourth-order valence-corrected chi connectivity index (χ4v) is 2.40. The van der Waals surface area contributed by atoms with Crippen molar-refractivity contribution in [3.05, 3.63) is 18.2 Å². The predicted molar refractivity (Wildman–Crippen MR) is 70.0 cm³/mol. The van der Waals surface area contributed by atoms with Crippen molar-refractivity contribution in [1.29, 1.82) is 0 Å². The molecular formula is C13H22N4O. The van der Waals surface area contributed by atoms with Gasteiger partial charge in [0.25, 0.3) is 0 Å². The summed E-state index contributed by atoms with van der Waals surface area (Å²) in [6.07, 6.45) is 7.48. The van der Waals surface area contributed by atoms with Gasteiger partial charge >= 0.3 is 0 Å². The number of imidazole rings is 1. The van der Waals surface area contributed by atoms with Crippen molar-refractivity contribution in [2.24, 2.45) is 5.92 Å². The summed E-state index contributed by atoms with van der Waals surface area (Å²) >= 11 is 0. The number of aromatic nitrogens is 2. The summed E-state index contributed by atoms with van der Waals surface area (Å²) in [5.74, 6) is 1.64. The van der Waals surface area contributed by atoms with Crippen LogP contribution in [-0.2, 0) is 4.79 Å². The van der Waals surface area contributed by atoms with E-state index in [1.165, 1.54) is 12.8 Å². The lowest BCUT2D eigenvalue weighted by atomic mass is 9.93. The van der Waals surface area contributed by atoms with E-state index in [1.807, 2.05) is 6.92 Å². The van der Waals surface area contributed by atoms with Gasteiger partial charge in [0.1, 0.15) is 5.82 Å². The van der Waals surface area contributed by atoms with Crippen molar-refractivity contribution in [2.75, 3.05) is 13.1 Å². The van der Waals surface area contributed by atoms with Crippen molar-refractivity contribution < 1.29 is 4.79 Å². The Hall–Kier alpha value is -1.36. The van der Waals surface area contributed by atoms with Crippen LogP contribution in [0.3, 0.4) is 0 Å². The molecule has 1 aliphatic rings. The number of nitrogens with zero attached hydrogens (tertiary/aromatic N) is 1. The van der Waals surface area contributed by atoms with Crippen LogP contribution >= 0.6 is 0 Å². The fourth-order valence-electron chi connectivity index (χ4n) is 2.40. The molecule has 2 heterocycles. The first kappa shape index (κ1) is 13.1. The van der Waals surface area contributed by atoms with E-state index in [1.54, 1.807) is 12.4 Å². The summed E-state index contributed by atoms with van der Waals surface area (Å²) in [6.45, 7) is 4.13. The molecule has 0 aromatic carbocycles. The van der Waals surface area contributed by atoms with Gasteiger partial charge in [0.05, 0.1) is 6.04 Å². The molecular weight excluding hydrogens is 228 g/mol. The van der Waals surface area contributed by atoms with E-state index in [0.29, 0.717) is 12.3 Å². The van der Waals surface area contributed by atoms with Crippen molar-refractivity contribution >= 4 is 5.91 Å². The second-order valence-electron chi connectivity index (χ2n) is 5.00. The zero-order valence-corrected chi connectivity index (χ0v) is 10.9. The first-order valence-electron chi connectivity index (χ1n) is 6.75. The molecule has 0 aliphatic carbocycles. The monoisotopic (exact) mass is 250 g/mol. The zero-order chi connectivity index (χ0) is 12.8. The predicted octanol–water partition coefficient (Wildman–Crippen LogP) is 1.37. The van der Waals surface area contributed by atoms with Crippen LogP contribution in [0, 0.1) is 5.92 Å². The molecule has 5 heteroatoms. The van der Waals surface area contributed by atoms with E-state index >= 15 is 0 Å². The van der Waals surface area contributed by atoms with Gasteiger partial charge in [0.2, 0.25) is 5.91 Å². The van der Waals surface area contributed by atoms with Gasteiger partial charge in [-0.25, -0.2) is 4.98 Å². The topological polar surface area (TPSA) is 69.8 Å². The Labute approximate surface area is 108 Å². The molecule has 2 rings (SSSR count). The maximum Gasteiger partial charge on any atom is 0.220 e. The van der Waals surface area contributed by atoms with E-state index in [4.69, 9.17) is 0 Å². The van der Waals surface area contributed by atoms with Gasteiger partial charge in [-0.2, -0.15) is 0 Å². The highest BCUT2D eigenvalue weighted by molar-refractivity contribution is 5.76. The van der Waals surface area contributed by atoms with E-state index in [0.717, 1.165) is 25.3 Å². The second kappa shape index (κ2) is 6.54. The van der Waals surface area contributed by atoms with Crippen LogP contribution in [0.4, 0.5) is 0 Å². The highest BCUT2D eigenvalue weighted by atomic mass is 16.1. The lowest BCUT2D eigenvalue weighted by Gasteiger charge is -2.22. The molecule has 3 N–H and O–H groups in total. The molecule has 5 nitrogen and oxygen atoms in total. The molecule has 100 valence electrons. The number of aromatic amines is 1. The molecule has 1 unspecified atom stereocenters. The summed E-state index contributed by atoms with van der Waals surface area (Å²) < 4.78 is 0. The summed E-state index contributed by atoms with van der Waals surface area (Å²) in [4.78, 5) is 19.0. The molecule has 1 amide bonds. The largest absolute Gasteiger partial charge is 0.347 e. The van der Waals surface area contributed by atoms with Crippen LogP contribution in [0.15, 0.2) is 12.4 Å². The Kier molecular flexibility index (Phi) is 4.75. The van der Waals surface area contributed by atoms with Gasteiger partial charge in [-0.15, -0.1) is 0 Å². The van der Waals surface area contributed by atoms with Crippen LogP contribution in [0.25, 0.3) is 0 Å². The Morgan fingerprint density at radius 1 is 1.56 bits per heavy atom. The van der Waals surface area contributed by atoms with Crippen LogP contribution in [0.2, 0.25) is 0 Å². The molecule has 0 spiro atoms. The highest BCUT2D eigenvalue weighted by Gasteiger charge is 2.16. The number of carbonyl (C=O) groups excluding carboxylic acids is 1. The number of carbonyl (C=O) groups is 1. The number of piperidine rings is 1. The maximum atomic E-state index is 11.8. The Morgan fingerprint density at radius 2 is 2.33 bits per heavy atom. The maximum absolute atomic E-state index is 11.8. The van der Waals surface area contributed by atoms with Crippen molar-refractivity contribution in [2.45, 2.75) is 38.6 Å². The molecule has 0 bridgehead atoms. The van der Waals surface area contributed by atoms with Crippen LogP contribution in [-0.4, -0.2) is 29.0 Å². The lowest BCUT2D eigenvalue weighted by molar-refractivity contribution is -0.122. The molecule has 18 heavy (non-hydrogen) atoms. The Bertz CT molecular complexity index is 357. The second-order valence-corrected chi connectivity index (χ2v) is 5.00. The summed E-state index contributed by atoms with van der Waals surface area (Å²) in [5, 5.41) is 6.31. The van der Waals surface area contributed by atoms with Gasteiger partial charge in [-0.1, -0.05) is 0 Å². The third-order valence-corrected chi connectivity index (χ3v) is 3.55. The van der Waals surface area contributed by atoms with E-state index in [2.05, 4.69) is 20.6 Å². The SMILES string of the molecule is CC(NC(=O)CCC1CCNCC1)c1ncc[nH]1. The first-order chi connectivity index (χ1) is 8.75. The lowest BCUT2D eigenvalue weighted by Crippen LogP contribution is -2.30. The number of H-pyrrole nitrogens is 1. The molecule has 1 aliphatic heterocycles. The first-order valence-corrected chi connectivity index (χ1v) is 6.75.